The lowest BCUT2D eigenvalue weighted by Crippen LogP contribution is -2.22. The van der Waals surface area contributed by atoms with Gasteiger partial charge in [0.2, 0.25) is 5.91 Å². The number of methoxy groups -OCH3 is 1. The number of halogens is 1. The summed E-state index contributed by atoms with van der Waals surface area (Å²) < 4.78 is 5.23. The summed E-state index contributed by atoms with van der Waals surface area (Å²) in [5.41, 5.74) is 1.83. The number of carbonyl (C=O) groups excluding carboxylic acids is 1. The molecule has 0 saturated carbocycles. The molecule has 0 radical (unpaired) electrons. The first-order chi connectivity index (χ1) is 10.6. The quantitative estimate of drug-likeness (QED) is 0.837. The van der Waals surface area contributed by atoms with Crippen molar-refractivity contribution in [3.05, 3.63) is 59.1 Å². The molecule has 22 heavy (non-hydrogen) atoms. The molecule has 5 heteroatoms. The summed E-state index contributed by atoms with van der Waals surface area (Å²) in [4.78, 5) is 12.2. The standard InChI is InChI=1S/C17H18ClNO2S/c1-12(22-11-13-7-9-14(18)10-8-13)17(20)19-15-5-3-4-6-16(15)21-2/h3-10,12H,11H2,1-2H3,(H,19,20). The van der Waals surface area contributed by atoms with Crippen LogP contribution in [0.3, 0.4) is 0 Å². The molecule has 0 spiro atoms. The van der Waals surface area contributed by atoms with E-state index in [1.165, 1.54) is 0 Å². The van der Waals surface area contributed by atoms with Crippen molar-refractivity contribution in [3.63, 3.8) is 0 Å². The number of carbonyl (C=O) groups is 1. The van der Waals surface area contributed by atoms with Gasteiger partial charge in [-0.25, -0.2) is 0 Å². The number of amides is 1. The molecular formula is C17H18ClNO2S. The molecule has 0 aromatic heterocycles. The van der Waals surface area contributed by atoms with Crippen LogP contribution in [0.15, 0.2) is 48.5 Å². The van der Waals surface area contributed by atoms with E-state index in [4.69, 9.17) is 16.3 Å². The van der Waals surface area contributed by atoms with Gasteiger partial charge in [-0.3, -0.25) is 4.79 Å². The fraction of sp³-hybridized carbons (Fsp3) is 0.235. The number of para-hydroxylation sites is 2. The van der Waals surface area contributed by atoms with E-state index in [2.05, 4.69) is 5.32 Å². The van der Waals surface area contributed by atoms with Gasteiger partial charge in [0.1, 0.15) is 5.75 Å². The van der Waals surface area contributed by atoms with Gasteiger partial charge >= 0.3 is 0 Å². The average Bonchev–Trinajstić information content (AvgIpc) is 2.54. The van der Waals surface area contributed by atoms with E-state index in [-0.39, 0.29) is 11.2 Å². The van der Waals surface area contributed by atoms with E-state index in [9.17, 15) is 4.79 Å². The van der Waals surface area contributed by atoms with Crippen LogP contribution >= 0.6 is 23.4 Å². The summed E-state index contributed by atoms with van der Waals surface area (Å²) in [5, 5.41) is 3.45. The van der Waals surface area contributed by atoms with Crippen LogP contribution in [-0.2, 0) is 10.5 Å². The fourth-order valence-electron chi connectivity index (χ4n) is 1.86. The van der Waals surface area contributed by atoms with Crippen LogP contribution in [-0.4, -0.2) is 18.3 Å². The van der Waals surface area contributed by atoms with Crippen LogP contribution in [0.5, 0.6) is 5.75 Å². The lowest BCUT2D eigenvalue weighted by atomic mass is 10.2. The third-order valence-electron chi connectivity index (χ3n) is 3.15. The monoisotopic (exact) mass is 335 g/mol. The van der Waals surface area contributed by atoms with Crippen molar-refractivity contribution in [1.82, 2.24) is 0 Å². The summed E-state index contributed by atoms with van der Waals surface area (Å²) in [6, 6.07) is 15.0. The molecule has 0 aliphatic heterocycles. The molecule has 0 aliphatic rings. The molecule has 3 nitrogen and oxygen atoms in total. The van der Waals surface area contributed by atoms with E-state index in [0.717, 1.165) is 16.3 Å². The first-order valence-electron chi connectivity index (χ1n) is 6.90. The Hall–Kier alpha value is -1.65. The number of nitrogens with one attached hydrogen (secondary N) is 1. The molecule has 1 atom stereocenters. The Kier molecular flexibility index (Phi) is 6.16. The number of anilines is 1. The zero-order chi connectivity index (χ0) is 15.9. The molecular weight excluding hydrogens is 318 g/mol. The normalized spacial score (nSPS) is 11.8. The predicted molar refractivity (Wildman–Crippen MR) is 93.8 cm³/mol. The van der Waals surface area contributed by atoms with Gasteiger partial charge in [0.05, 0.1) is 18.0 Å². The fourth-order valence-corrected chi connectivity index (χ4v) is 2.83. The molecule has 1 amide bonds. The second-order valence-electron chi connectivity index (χ2n) is 4.77. The molecule has 0 fully saturated rings. The summed E-state index contributed by atoms with van der Waals surface area (Å²) in [7, 11) is 1.59. The molecule has 2 aromatic rings. The number of thioether (sulfide) groups is 1. The van der Waals surface area contributed by atoms with Crippen LogP contribution in [0.1, 0.15) is 12.5 Å². The van der Waals surface area contributed by atoms with Gasteiger partial charge in [0.15, 0.2) is 0 Å². The maximum Gasteiger partial charge on any atom is 0.237 e. The van der Waals surface area contributed by atoms with E-state index in [1.54, 1.807) is 18.9 Å². The maximum atomic E-state index is 12.2. The van der Waals surface area contributed by atoms with Gasteiger partial charge < -0.3 is 10.1 Å². The number of hydrogen-bond acceptors (Lipinski definition) is 3. The highest BCUT2D eigenvalue weighted by atomic mass is 35.5. The Morgan fingerprint density at radius 3 is 2.59 bits per heavy atom. The Morgan fingerprint density at radius 1 is 1.23 bits per heavy atom. The number of rotatable bonds is 6. The first kappa shape index (κ1) is 16.7. The van der Waals surface area contributed by atoms with E-state index < -0.39 is 0 Å². The van der Waals surface area contributed by atoms with Crippen molar-refractivity contribution >= 4 is 35.0 Å². The smallest absolute Gasteiger partial charge is 0.237 e. The number of hydrogen-bond donors (Lipinski definition) is 1. The van der Waals surface area contributed by atoms with Gasteiger partial charge in [-0.05, 0) is 36.8 Å². The minimum Gasteiger partial charge on any atom is -0.495 e. The van der Waals surface area contributed by atoms with Gasteiger partial charge in [-0.15, -0.1) is 11.8 Å². The zero-order valence-electron chi connectivity index (χ0n) is 12.5. The Balaban J connectivity index is 1.90. The van der Waals surface area contributed by atoms with E-state index in [0.29, 0.717) is 11.4 Å². The second kappa shape index (κ2) is 8.11. The Labute approximate surface area is 140 Å². The third-order valence-corrected chi connectivity index (χ3v) is 4.61. The number of benzene rings is 2. The Morgan fingerprint density at radius 2 is 1.91 bits per heavy atom. The topological polar surface area (TPSA) is 38.3 Å². The van der Waals surface area contributed by atoms with Crippen LogP contribution in [0.2, 0.25) is 5.02 Å². The SMILES string of the molecule is COc1ccccc1NC(=O)C(C)SCc1ccc(Cl)cc1. The van der Waals surface area contributed by atoms with Crippen molar-refractivity contribution < 1.29 is 9.53 Å². The second-order valence-corrected chi connectivity index (χ2v) is 6.53. The molecule has 116 valence electrons. The molecule has 0 aliphatic carbocycles. The molecule has 2 aromatic carbocycles. The predicted octanol–water partition coefficient (Wildman–Crippen LogP) is 4.61. The van der Waals surface area contributed by atoms with Crippen molar-refractivity contribution in [2.75, 3.05) is 12.4 Å². The van der Waals surface area contributed by atoms with E-state index in [1.807, 2.05) is 55.5 Å². The molecule has 0 saturated heterocycles. The molecule has 1 N–H and O–H groups in total. The lowest BCUT2D eigenvalue weighted by molar-refractivity contribution is -0.115. The lowest BCUT2D eigenvalue weighted by Gasteiger charge is -2.14. The highest BCUT2D eigenvalue weighted by molar-refractivity contribution is 7.99. The highest BCUT2D eigenvalue weighted by Gasteiger charge is 2.15. The zero-order valence-corrected chi connectivity index (χ0v) is 14.1. The summed E-state index contributed by atoms with van der Waals surface area (Å²) >= 11 is 7.44. The van der Waals surface area contributed by atoms with E-state index >= 15 is 0 Å². The van der Waals surface area contributed by atoms with Crippen LogP contribution in [0.4, 0.5) is 5.69 Å². The minimum absolute atomic E-state index is 0.0385. The van der Waals surface area contributed by atoms with Crippen LogP contribution < -0.4 is 10.1 Å². The van der Waals surface area contributed by atoms with Gasteiger partial charge in [-0.2, -0.15) is 0 Å². The van der Waals surface area contributed by atoms with Crippen molar-refractivity contribution in [2.45, 2.75) is 17.9 Å². The number of ether oxygens (including phenoxy) is 1. The average molecular weight is 336 g/mol. The van der Waals surface area contributed by atoms with Gasteiger partial charge in [0, 0.05) is 10.8 Å². The molecule has 1 unspecified atom stereocenters. The van der Waals surface area contributed by atoms with Gasteiger partial charge in [-0.1, -0.05) is 35.9 Å². The van der Waals surface area contributed by atoms with Crippen molar-refractivity contribution in [3.8, 4) is 5.75 Å². The molecule has 2 rings (SSSR count). The largest absolute Gasteiger partial charge is 0.495 e. The first-order valence-corrected chi connectivity index (χ1v) is 8.32. The molecule has 0 bridgehead atoms. The highest BCUT2D eigenvalue weighted by Crippen LogP contribution is 2.25. The minimum atomic E-state index is -0.166. The Bertz CT molecular complexity index is 631. The summed E-state index contributed by atoms with van der Waals surface area (Å²) in [6.45, 7) is 1.89. The summed E-state index contributed by atoms with van der Waals surface area (Å²) in [5.74, 6) is 1.38. The van der Waals surface area contributed by atoms with Crippen LogP contribution in [0.25, 0.3) is 0 Å². The van der Waals surface area contributed by atoms with Crippen molar-refractivity contribution in [2.24, 2.45) is 0 Å². The maximum absolute atomic E-state index is 12.2. The molecule has 0 heterocycles. The van der Waals surface area contributed by atoms with Gasteiger partial charge in [0.25, 0.3) is 0 Å². The van der Waals surface area contributed by atoms with Crippen molar-refractivity contribution in [1.29, 1.82) is 0 Å². The van der Waals surface area contributed by atoms with Crippen LogP contribution in [0, 0.1) is 0 Å². The third kappa shape index (κ3) is 4.68. The summed E-state index contributed by atoms with van der Waals surface area (Å²) in [6.07, 6.45) is 0.